The van der Waals surface area contributed by atoms with Gasteiger partial charge in [-0.25, -0.2) is 9.18 Å². The third kappa shape index (κ3) is 3.96. The number of ether oxygens (including phenoxy) is 2. The molecule has 1 amide bonds. The highest BCUT2D eigenvalue weighted by atomic mass is 19.1. The second-order valence-corrected chi connectivity index (χ2v) is 6.50. The Morgan fingerprint density at radius 2 is 1.96 bits per heavy atom. The van der Waals surface area contributed by atoms with E-state index in [2.05, 4.69) is 6.07 Å². The molecule has 1 fully saturated rings. The summed E-state index contributed by atoms with van der Waals surface area (Å²) in [5.74, 6) is -1.94. The first-order chi connectivity index (χ1) is 12.3. The van der Waals surface area contributed by atoms with Crippen LogP contribution >= 0.6 is 0 Å². The molecule has 1 aliphatic rings. The maximum absolute atomic E-state index is 13.7. The average Bonchev–Trinajstić information content (AvgIpc) is 2.67. The highest BCUT2D eigenvalue weighted by molar-refractivity contribution is 5.92. The summed E-state index contributed by atoms with van der Waals surface area (Å²) in [6.07, 6.45) is 2.94. The van der Waals surface area contributed by atoms with Crippen molar-refractivity contribution in [2.24, 2.45) is 0 Å². The molecule has 1 aromatic carbocycles. The molecule has 0 saturated heterocycles. The molecule has 1 atom stereocenters. The molecule has 140 valence electrons. The first kappa shape index (κ1) is 19.7. The van der Waals surface area contributed by atoms with Crippen molar-refractivity contribution in [2.45, 2.75) is 50.7 Å². The van der Waals surface area contributed by atoms with Crippen molar-refractivity contribution in [3.05, 3.63) is 29.6 Å². The van der Waals surface area contributed by atoms with Crippen molar-refractivity contribution >= 4 is 11.9 Å². The molecule has 0 heterocycles. The monoisotopic (exact) mass is 362 g/mol. The molecule has 0 aliphatic heterocycles. The van der Waals surface area contributed by atoms with Gasteiger partial charge in [0.2, 0.25) is 0 Å². The van der Waals surface area contributed by atoms with Crippen molar-refractivity contribution in [1.82, 2.24) is 4.90 Å². The van der Waals surface area contributed by atoms with Crippen molar-refractivity contribution in [2.75, 3.05) is 14.2 Å². The molecular weight excluding hydrogens is 339 g/mol. The Morgan fingerprint density at radius 3 is 2.50 bits per heavy atom. The van der Waals surface area contributed by atoms with Gasteiger partial charge >= 0.3 is 5.97 Å². The first-order valence-corrected chi connectivity index (χ1v) is 8.58. The van der Waals surface area contributed by atoms with E-state index in [9.17, 15) is 19.2 Å². The van der Waals surface area contributed by atoms with Crippen molar-refractivity contribution in [3.63, 3.8) is 0 Å². The second-order valence-electron chi connectivity index (χ2n) is 6.50. The lowest BCUT2D eigenvalue weighted by molar-refractivity contribution is -0.143. The molecule has 6 nitrogen and oxygen atoms in total. The van der Waals surface area contributed by atoms with Crippen LogP contribution in [0.5, 0.6) is 5.75 Å². The van der Waals surface area contributed by atoms with Gasteiger partial charge in [-0.2, -0.15) is 5.26 Å². The molecule has 0 unspecified atom stereocenters. The highest BCUT2D eigenvalue weighted by Gasteiger charge is 2.40. The minimum Gasteiger partial charge on any atom is -0.494 e. The number of methoxy groups -OCH3 is 1. The summed E-state index contributed by atoms with van der Waals surface area (Å²) in [6, 6.07) is 5.94. The normalized spacial score (nSPS) is 16.9. The van der Waals surface area contributed by atoms with Crippen LogP contribution in [-0.2, 0) is 9.53 Å². The average molecular weight is 362 g/mol. The molecule has 0 spiro atoms. The summed E-state index contributed by atoms with van der Waals surface area (Å²) < 4.78 is 23.7. The molecule has 0 aromatic heterocycles. The molecule has 1 aliphatic carbocycles. The molecule has 2 rings (SSSR count). The zero-order valence-corrected chi connectivity index (χ0v) is 15.3. The third-order valence-corrected chi connectivity index (χ3v) is 4.88. The van der Waals surface area contributed by atoms with Gasteiger partial charge in [0.05, 0.1) is 18.7 Å². The lowest BCUT2D eigenvalue weighted by Crippen LogP contribution is -2.53. The smallest absolute Gasteiger partial charge is 0.339 e. The van der Waals surface area contributed by atoms with Gasteiger partial charge in [0.15, 0.2) is 17.7 Å². The fraction of sp³-hybridized carbons (Fsp3) is 0.526. The van der Waals surface area contributed by atoms with Gasteiger partial charge in [-0.15, -0.1) is 0 Å². The van der Waals surface area contributed by atoms with E-state index in [1.807, 2.05) is 0 Å². The number of carbonyl (C=O) groups is 2. The molecule has 1 aromatic rings. The number of likely N-dealkylation sites (N-methyl/N-ethyl adjacent to an activating group) is 1. The van der Waals surface area contributed by atoms with E-state index in [4.69, 9.17) is 9.47 Å². The molecular formula is C19H23FN2O4. The fourth-order valence-corrected chi connectivity index (χ4v) is 3.21. The second kappa shape index (κ2) is 8.17. The number of halogens is 1. The third-order valence-electron chi connectivity index (χ3n) is 4.88. The Bertz CT molecular complexity index is 723. The Kier molecular flexibility index (Phi) is 6.19. The van der Waals surface area contributed by atoms with Gasteiger partial charge in [-0.05, 0) is 38.0 Å². The number of hydrogen-bond donors (Lipinski definition) is 0. The van der Waals surface area contributed by atoms with E-state index in [0.717, 1.165) is 25.3 Å². The molecule has 0 radical (unpaired) electrons. The minimum atomic E-state index is -1.08. The lowest BCUT2D eigenvalue weighted by atomic mass is 9.81. The summed E-state index contributed by atoms with van der Waals surface area (Å²) in [5.41, 5.74) is -0.874. The van der Waals surface area contributed by atoms with Crippen molar-refractivity contribution in [3.8, 4) is 11.8 Å². The summed E-state index contributed by atoms with van der Waals surface area (Å²) in [5, 5.41) is 9.58. The summed E-state index contributed by atoms with van der Waals surface area (Å²) in [7, 11) is 2.89. The van der Waals surface area contributed by atoms with Gasteiger partial charge in [0.1, 0.15) is 5.54 Å². The van der Waals surface area contributed by atoms with Gasteiger partial charge < -0.3 is 14.4 Å². The van der Waals surface area contributed by atoms with Crippen LogP contribution in [0, 0.1) is 17.1 Å². The van der Waals surface area contributed by atoms with Gasteiger partial charge in [-0.3, -0.25) is 4.79 Å². The fourth-order valence-electron chi connectivity index (χ4n) is 3.21. The highest BCUT2D eigenvalue weighted by Crippen LogP contribution is 2.33. The van der Waals surface area contributed by atoms with Crippen molar-refractivity contribution < 1.29 is 23.5 Å². The number of nitriles is 1. The van der Waals surface area contributed by atoms with Crippen LogP contribution in [0.2, 0.25) is 0 Å². The van der Waals surface area contributed by atoms with Gasteiger partial charge in [-0.1, -0.05) is 19.3 Å². The summed E-state index contributed by atoms with van der Waals surface area (Å²) in [4.78, 5) is 26.2. The van der Waals surface area contributed by atoms with Crippen LogP contribution in [0.3, 0.4) is 0 Å². The zero-order valence-electron chi connectivity index (χ0n) is 15.3. The SMILES string of the molecule is COc1ccc(C(=O)O[C@H](C)C(=O)N(C)C2(C#N)CCCCC2)cc1F. The number of nitrogens with zero attached hydrogens (tertiary/aromatic N) is 2. The van der Waals surface area contributed by atoms with Crippen LogP contribution in [0.4, 0.5) is 4.39 Å². The first-order valence-electron chi connectivity index (χ1n) is 8.58. The zero-order chi connectivity index (χ0) is 19.3. The van der Waals surface area contributed by atoms with E-state index in [1.54, 1.807) is 7.05 Å². The number of benzene rings is 1. The summed E-state index contributed by atoms with van der Waals surface area (Å²) in [6.45, 7) is 1.45. The van der Waals surface area contributed by atoms with Crippen LogP contribution < -0.4 is 4.74 Å². The number of hydrogen-bond acceptors (Lipinski definition) is 5. The maximum Gasteiger partial charge on any atom is 0.339 e. The van der Waals surface area contributed by atoms with E-state index >= 15 is 0 Å². The quantitative estimate of drug-likeness (QED) is 0.752. The number of amides is 1. The van der Waals surface area contributed by atoms with Gasteiger partial charge in [0, 0.05) is 7.05 Å². The molecule has 0 N–H and O–H groups in total. The van der Waals surface area contributed by atoms with Crippen LogP contribution in [-0.4, -0.2) is 42.6 Å². The standard InChI is InChI=1S/C19H23FN2O4/c1-13(17(23)22(2)19(12-21)9-5-4-6-10-19)26-18(24)14-7-8-16(25-3)15(20)11-14/h7-8,11,13H,4-6,9-10H2,1-3H3/t13-/m1/s1. The topological polar surface area (TPSA) is 79.6 Å². The molecule has 26 heavy (non-hydrogen) atoms. The predicted molar refractivity (Wildman–Crippen MR) is 92.0 cm³/mol. The van der Waals surface area contributed by atoms with Gasteiger partial charge in [0.25, 0.3) is 5.91 Å². The van der Waals surface area contributed by atoms with Crippen LogP contribution in [0.15, 0.2) is 18.2 Å². The van der Waals surface area contributed by atoms with E-state index in [1.165, 1.54) is 31.1 Å². The molecule has 7 heteroatoms. The number of rotatable bonds is 5. The predicted octanol–water partition coefficient (Wildman–Crippen LogP) is 3.06. The molecule has 0 bridgehead atoms. The lowest BCUT2D eigenvalue weighted by Gasteiger charge is -2.39. The number of carbonyl (C=O) groups excluding carboxylic acids is 2. The van der Waals surface area contributed by atoms with Crippen molar-refractivity contribution in [1.29, 1.82) is 5.26 Å². The minimum absolute atomic E-state index is 0.0127. The number of esters is 1. The largest absolute Gasteiger partial charge is 0.494 e. The Hall–Kier alpha value is -2.62. The van der Waals surface area contributed by atoms with Crippen LogP contribution in [0.1, 0.15) is 49.4 Å². The van der Waals surface area contributed by atoms with Crippen LogP contribution in [0.25, 0.3) is 0 Å². The summed E-state index contributed by atoms with van der Waals surface area (Å²) >= 11 is 0. The Morgan fingerprint density at radius 1 is 1.31 bits per heavy atom. The van der Waals surface area contributed by atoms with E-state index < -0.39 is 29.3 Å². The Labute approximate surface area is 152 Å². The molecule has 1 saturated carbocycles. The Balaban J connectivity index is 2.07. The maximum atomic E-state index is 13.7. The van der Waals surface area contributed by atoms with E-state index in [-0.39, 0.29) is 11.3 Å². The van der Waals surface area contributed by atoms with E-state index in [0.29, 0.717) is 12.8 Å².